The van der Waals surface area contributed by atoms with Gasteiger partial charge in [-0.3, -0.25) is 9.78 Å². The molecule has 3 N–H and O–H groups in total. The van der Waals surface area contributed by atoms with Crippen molar-refractivity contribution in [3.8, 4) is 5.75 Å². The van der Waals surface area contributed by atoms with E-state index in [2.05, 4.69) is 24.0 Å². The van der Waals surface area contributed by atoms with Crippen molar-refractivity contribution in [2.45, 2.75) is 50.4 Å². The van der Waals surface area contributed by atoms with Gasteiger partial charge in [-0.2, -0.15) is 0 Å². The second kappa shape index (κ2) is 7.26. The van der Waals surface area contributed by atoms with E-state index in [4.69, 9.17) is 5.73 Å². The quantitative estimate of drug-likeness (QED) is 0.868. The molecule has 0 aliphatic heterocycles. The lowest BCUT2D eigenvalue weighted by Gasteiger charge is -2.41. The Balaban J connectivity index is 1.76. The van der Waals surface area contributed by atoms with Crippen LogP contribution in [0.15, 0.2) is 48.7 Å². The van der Waals surface area contributed by atoms with E-state index >= 15 is 0 Å². The molecule has 1 unspecified atom stereocenters. The van der Waals surface area contributed by atoms with Crippen LogP contribution in [0.25, 0.3) is 0 Å². The first kappa shape index (κ1) is 17.5. The maximum Gasteiger partial charge on any atom is 0.218 e. The minimum absolute atomic E-state index is 0.204. The van der Waals surface area contributed by atoms with Gasteiger partial charge in [-0.1, -0.05) is 37.3 Å². The van der Waals surface area contributed by atoms with Crippen molar-refractivity contribution in [2.75, 3.05) is 0 Å². The number of hydrogen-bond acceptors (Lipinski definition) is 3. The number of nitrogens with two attached hydrogens (primary N) is 1. The predicted octanol–water partition coefficient (Wildman–Crippen LogP) is 3.89. The smallest absolute Gasteiger partial charge is 0.218 e. The van der Waals surface area contributed by atoms with Crippen molar-refractivity contribution < 1.29 is 9.90 Å². The standard InChI is InChI=1S/C21H26N2O2/c1-21(13-20(22)25,16-5-3-2-4-6-16)17-9-7-15(8-10-17)19-12-11-18(24)14-23-19/h2-6,11-12,14-15,17,24H,7-10,13H2,1H3,(H2,22,25). The third-order valence-corrected chi connectivity index (χ3v) is 5.79. The van der Waals surface area contributed by atoms with Crippen LogP contribution in [0, 0.1) is 5.92 Å². The van der Waals surface area contributed by atoms with Crippen LogP contribution in [0.5, 0.6) is 5.75 Å². The highest BCUT2D eigenvalue weighted by atomic mass is 16.3. The van der Waals surface area contributed by atoms with E-state index in [0.29, 0.717) is 18.3 Å². The molecule has 1 aromatic heterocycles. The van der Waals surface area contributed by atoms with Gasteiger partial charge in [0.25, 0.3) is 0 Å². The average Bonchev–Trinajstić information content (AvgIpc) is 2.63. The summed E-state index contributed by atoms with van der Waals surface area (Å²) in [6, 6.07) is 13.9. The van der Waals surface area contributed by atoms with E-state index in [1.807, 2.05) is 24.3 Å². The number of carbonyl (C=O) groups excluding carboxylic acids is 1. The average molecular weight is 338 g/mol. The summed E-state index contributed by atoms with van der Waals surface area (Å²) < 4.78 is 0. The van der Waals surface area contributed by atoms with Gasteiger partial charge >= 0.3 is 0 Å². The second-order valence-corrected chi connectivity index (χ2v) is 7.42. The molecule has 0 saturated heterocycles. The highest BCUT2D eigenvalue weighted by Gasteiger charge is 2.39. The largest absolute Gasteiger partial charge is 0.506 e. The van der Waals surface area contributed by atoms with E-state index in [1.165, 1.54) is 11.8 Å². The molecule has 1 aromatic carbocycles. The normalized spacial score (nSPS) is 22.9. The third kappa shape index (κ3) is 3.84. The summed E-state index contributed by atoms with van der Waals surface area (Å²) in [7, 11) is 0. The molecule has 3 rings (SSSR count). The molecular weight excluding hydrogens is 312 g/mol. The Morgan fingerprint density at radius 2 is 1.84 bits per heavy atom. The minimum atomic E-state index is -0.242. The summed E-state index contributed by atoms with van der Waals surface area (Å²) in [5.74, 6) is 0.811. The van der Waals surface area contributed by atoms with Crippen LogP contribution in [0.1, 0.15) is 56.2 Å². The predicted molar refractivity (Wildman–Crippen MR) is 98.2 cm³/mol. The van der Waals surface area contributed by atoms with Gasteiger partial charge < -0.3 is 10.8 Å². The Morgan fingerprint density at radius 1 is 1.16 bits per heavy atom. The molecule has 25 heavy (non-hydrogen) atoms. The molecule has 4 nitrogen and oxygen atoms in total. The van der Waals surface area contributed by atoms with Gasteiger partial charge in [0, 0.05) is 23.4 Å². The molecule has 1 aliphatic rings. The minimum Gasteiger partial charge on any atom is -0.506 e. The third-order valence-electron chi connectivity index (χ3n) is 5.79. The summed E-state index contributed by atoms with van der Waals surface area (Å²) >= 11 is 0. The lowest BCUT2D eigenvalue weighted by atomic mass is 9.63. The second-order valence-electron chi connectivity index (χ2n) is 7.42. The molecule has 1 aliphatic carbocycles. The lowest BCUT2D eigenvalue weighted by molar-refractivity contribution is -0.119. The zero-order valence-corrected chi connectivity index (χ0v) is 14.7. The fourth-order valence-electron chi connectivity index (χ4n) is 4.33. The molecular formula is C21H26N2O2. The van der Waals surface area contributed by atoms with E-state index in [1.54, 1.807) is 6.07 Å². The molecule has 1 fully saturated rings. The molecule has 132 valence electrons. The number of carbonyl (C=O) groups is 1. The molecule has 4 heteroatoms. The van der Waals surface area contributed by atoms with Crippen molar-refractivity contribution >= 4 is 5.91 Å². The zero-order valence-electron chi connectivity index (χ0n) is 14.7. The fourth-order valence-corrected chi connectivity index (χ4v) is 4.33. The molecule has 1 atom stereocenters. The summed E-state index contributed by atoms with van der Waals surface area (Å²) in [6.45, 7) is 2.18. The number of aromatic hydroxyl groups is 1. The number of primary amides is 1. The first-order valence-corrected chi connectivity index (χ1v) is 8.98. The van der Waals surface area contributed by atoms with Gasteiger partial charge in [0.2, 0.25) is 5.91 Å². The maximum absolute atomic E-state index is 11.7. The SMILES string of the molecule is CC(CC(N)=O)(c1ccccc1)C1CCC(c2ccc(O)cn2)CC1. The van der Waals surface area contributed by atoms with Crippen LogP contribution >= 0.6 is 0 Å². The molecule has 1 amide bonds. The number of nitrogens with zero attached hydrogens (tertiary/aromatic N) is 1. The molecule has 0 bridgehead atoms. The number of amides is 1. The highest BCUT2D eigenvalue weighted by molar-refractivity contribution is 5.75. The Hall–Kier alpha value is -2.36. The van der Waals surface area contributed by atoms with Crippen LogP contribution in [0.3, 0.4) is 0 Å². The van der Waals surface area contributed by atoms with Crippen LogP contribution in [0.2, 0.25) is 0 Å². The molecule has 0 radical (unpaired) electrons. The Bertz CT molecular complexity index is 706. The summed E-state index contributed by atoms with van der Waals surface area (Å²) in [5.41, 5.74) is 7.60. The number of benzene rings is 1. The Morgan fingerprint density at radius 3 is 2.40 bits per heavy atom. The summed E-state index contributed by atoms with van der Waals surface area (Å²) in [6.07, 6.45) is 6.08. The first-order chi connectivity index (χ1) is 12.0. The summed E-state index contributed by atoms with van der Waals surface area (Å²) in [5, 5.41) is 9.41. The van der Waals surface area contributed by atoms with Gasteiger partial charge in [0.1, 0.15) is 5.75 Å². The molecule has 1 heterocycles. The topological polar surface area (TPSA) is 76.2 Å². The van der Waals surface area contributed by atoms with Gasteiger partial charge in [0.15, 0.2) is 0 Å². The van der Waals surface area contributed by atoms with Crippen molar-refractivity contribution in [2.24, 2.45) is 11.7 Å². The van der Waals surface area contributed by atoms with Crippen molar-refractivity contribution in [1.29, 1.82) is 0 Å². The molecule has 0 spiro atoms. The van der Waals surface area contributed by atoms with Gasteiger partial charge in [0.05, 0.1) is 6.20 Å². The number of pyridine rings is 1. The van der Waals surface area contributed by atoms with Crippen molar-refractivity contribution in [3.05, 3.63) is 59.9 Å². The zero-order chi connectivity index (χ0) is 17.9. The molecule has 1 saturated carbocycles. The van der Waals surface area contributed by atoms with Crippen LogP contribution in [-0.2, 0) is 10.2 Å². The van der Waals surface area contributed by atoms with Crippen LogP contribution in [0.4, 0.5) is 0 Å². The maximum atomic E-state index is 11.7. The lowest BCUT2D eigenvalue weighted by Crippen LogP contribution is -2.38. The van der Waals surface area contributed by atoms with E-state index in [9.17, 15) is 9.90 Å². The van der Waals surface area contributed by atoms with Crippen LogP contribution in [-0.4, -0.2) is 16.0 Å². The van der Waals surface area contributed by atoms with Crippen LogP contribution < -0.4 is 5.73 Å². The van der Waals surface area contributed by atoms with E-state index < -0.39 is 0 Å². The first-order valence-electron chi connectivity index (χ1n) is 8.98. The Labute approximate surface area is 149 Å². The fraction of sp³-hybridized carbons (Fsp3) is 0.429. The highest BCUT2D eigenvalue weighted by Crippen LogP contribution is 2.46. The summed E-state index contributed by atoms with van der Waals surface area (Å²) in [4.78, 5) is 16.1. The van der Waals surface area contributed by atoms with Gasteiger partial charge in [-0.05, 0) is 49.3 Å². The van der Waals surface area contributed by atoms with Gasteiger partial charge in [-0.25, -0.2) is 0 Å². The monoisotopic (exact) mass is 338 g/mol. The number of aromatic nitrogens is 1. The number of hydrogen-bond donors (Lipinski definition) is 2. The van der Waals surface area contributed by atoms with E-state index in [0.717, 1.165) is 31.4 Å². The van der Waals surface area contributed by atoms with Gasteiger partial charge in [-0.15, -0.1) is 0 Å². The Kier molecular flexibility index (Phi) is 5.07. The molecule has 2 aromatic rings. The number of rotatable bonds is 5. The van der Waals surface area contributed by atoms with Crippen molar-refractivity contribution in [3.63, 3.8) is 0 Å². The van der Waals surface area contributed by atoms with E-state index in [-0.39, 0.29) is 17.1 Å². The van der Waals surface area contributed by atoms with Crippen molar-refractivity contribution in [1.82, 2.24) is 4.98 Å².